The highest BCUT2D eigenvalue weighted by molar-refractivity contribution is 5.71. The monoisotopic (exact) mass is 737 g/mol. The zero-order valence-corrected chi connectivity index (χ0v) is 35.4. The third-order valence-electron chi connectivity index (χ3n) is 10.6. The van der Waals surface area contributed by atoms with Gasteiger partial charge in [0, 0.05) is 19.3 Å². The topological polar surface area (TPSA) is 78.9 Å². The van der Waals surface area contributed by atoms with Crippen molar-refractivity contribution < 1.29 is 28.6 Å². The standard InChI is InChI=1S/C46H88O6/c1-6-8-9-10-11-12-15-21-26-31-36-44(47)50-39-43(52-46(49)38-33-28-23-18-17-20-25-30-35-42(5)7-2)40-51-45(48)37-32-27-22-16-13-14-19-24-29-34-41(3)4/h41-43H,6-40H2,1-5H3/t42?,43-/m1/s1. The van der Waals surface area contributed by atoms with Crippen molar-refractivity contribution >= 4 is 17.9 Å². The predicted molar refractivity (Wildman–Crippen MR) is 220 cm³/mol. The van der Waals surface area contributed by atoms with E-state index in [9.17, 15) is 14.4 Å². The van der Waals surface area contributed by atoms with Crippen molar-refractivity contribution in [3.8, 4) is 0 Å². The van der Waals surface area contributed by atoms with Crippen molar-refractivity contribution in [1.82, 2.24) is 0 Å². The summed E-state index contributed by atoms with van der Waals surface area (Å²) in [4.78, 5) is 37.7. The molecule has 0 bridgehead atoms. The maximum atomic E-state index is 12.7. The number of carbonyl (C=O) groups is 3. The molecule has 0 aliphatic rings. The van der Waals surface area contributed by atoms with E-state index in [1.54, 1.807) is 0 Å². The molecule has 0 spiro atoms. The normalized spacial score (nSPS) is 12.6. The molecule has 0 aliphatic heterocycles. The Labute approximate surface area is 323 Å². The lowest BCUT2D eigenvalue weighted by Crippen LogP contribution is -2.30. The van der Waals surface area contributed by atoms with Crippen LogP contribution in [0.3, 0.4) is 0 Å². The van der Waals surface area contributed by atoms with Gasteiger partial charge >= 0.3 is 17.9 Å². The van der Waals surface area contributed by atoms with Crippen LogP contribution in [0.4, 0.5) is 0 Å². The van der Waals surface area contributed by atoms with E-state index in [0.717, 1.165) is 69.6 Å². The first-order valence-electron chi connectivity index (χ1n) is 22.8. The van der Waals surface area contributed by atoms with Crippen LogP contribution in [0, 0.1) is 11.8 Å². The fraction of sp³-hybridized carbons (Fsp3) is 0.935. The second-order valence-electron chi connectivity index (χ2n) is 16.4. The van der Waals surface area contributed by atoms with Gasteiger partial charge in [-0.1, -0.05) is 208 Å². The van der Waals surface area contributed by atoms with Crippen LogP contribution in [0.5, 0.6) is 0 Å². The lowest BCUT2D eigenvalue weighted by atomic mass is 9.99. The van der Waals surface area contributed by atoms with E-state index >= 15 is 0 Å². The Hall–Kier alpha value is -1.59. The van der Waals surface area contributed by atoms with Gasteiger partial charge in [-0.25, -0.2) is 0 Å². The molecule has 0 radical (unpaired) electrons. The van der Waals surface area contributed by atoms with Crippen molar-refractivity contribution in [3.63, 3.8) is 0 Å². The zero-order chi connectivity index (χ0) is 38.3. The van der Waals surface area contributed by atoms with Gasteiger partial charge in [-0.05, 0) is 31.1 Å². The molecule has 1 unspecified atom stereocenters. The van der Waals surface area contributed by atoms with Gasteiger partial charge in [-0.3, -0.25) is 14.4 Å². The largest absolute Gasteiger partial charge is 0.462 e. The SMILES string of the molecule is CCCCCCCCCCCCC(=O)OC[C@H](COC(=O)CCCCCCCCCCCC(C)C)OC(=O)CCCCCCCCCCC(C)CC. The summed E-state index contributed by atoms with van der Waals surface area (Å²) in [6.45, 7) is 11.3. The summed E-state index contributed by atoms with van der Waals surface area (Å²) in [7, 11) is 0. The van der Waals surface area contributed by atoms with Crippen LogP contribution in [0.25, 0.3) is 0 Å². The lowest BCUT2D eigenvalue weighted by Gasteiger charge is -2.18. The number of hydrogen-bond donors (Lipinski definition) is 0. The molecule has 0 heterocycles. The molecule has 0 aliphatic carbocycles. The van der Waals surface area contributed by atoms with Gasteiger partial charge < -0.3 is 14.2 Å². The smallest absolute Gasteiger partial charge is 0.306 e. The molecule has 0 aromatic heterocycles. The Morgan fingerprint density at radius 1 is 0.404 bits per heavy atom. The van der Waals surface area contributed by atoms with Gasteiger partial charge in [-0.15, -0.1) is 0 Å². The van der Waals surface area contributed by atoms with Gasteiger partial charge in [0.05, 0.1) is 0 Å². The molecule has 0 amide bonds. The van der Waals surface area contributed by atoms with Crippen LogP contribution in [0.15, 0.2) is 0 Å². The number of esters is 3. The second-order valence-corrected chi connectivity index (χ2v) is 16.4. The molecule has 308 valence electrons. The highest BCUT2D eigenvalue weighted by Gasteiger charge is 2.19. The predicted octanol–water partition coefficient (Wildman–Crippen LogP) is 14.2. The molecule has 6 nitrogen and oxygen atoms in total. The Bertz CT molecular complexity index is 796. The van der Waals surface area contributed by atoms with Gasteiger partial charge in [0.2, 0.25) is 0 Å². The third kappa shape index (κ3) is 38.1. The minimum Gasteiger partial charge on any atom is -0.462 e. The van der Waals surface area contributed by atoms with Crippen LogP contribution >= 0.6 is 0 Å². The summed E-state index contributed by atoms with van der Waals surface area (Å²) in [5.74, 6) is 0.793. The van der Waals surface area contributed by atoms with Crippen LogP contribution in [0.2, 0.25) is 0 Å². The van der Waals surface area contributed by atoms with E-state index in [4.69, 9.17) is 14.2 Å². The van der Waals surface area contributed by atoms with Crippen molar-refractivity contribution in [2.75, 3.05) is 13.2 Å². The molecule has 0 aromatic rings. The number of hydrogen-bond acceptors (Lipinski definition) is 6. The second kappa shape index (κ2) is 39.1. The first-order chi connectivity index (χ1) is 25.3. The van der Waals surface area contributed by atoms with Crippen LogP contribution in [-0.4, -0.2) is 37.2 Å². The Morgan fingerprint density at radius 2 is 0.731 bits per heavy atom. The molecule has 0 aromatic carbocycles. The molecular formula is C46H88O6. The number of ether oxygens (including phenoxy) is 3. The van der Waals surface area contributed by atoms with E-state index in [1.807, 2.05) is 0 Å². The average molecular weight is 737 g/mol. The molecule has 0 fully saturated rings. The Morgan fingerprint density at radius 3 is 1.10 bits per heavy atom. The molecule has 0 rings (SSSR count). The number of unbranched alkanes of at least 4 members (excludes halogenated alkanes) is 24. The van der Waals surface area contributed by atoms with Gasteiger partial charge in [0.25, 0.3) is 0 Å². The lowest BCUT2D eigenvalue weighted by molar-refractivity contribution is -0.167. The summed E-state index contributed by atoms with van der Waals surface area (Å²) in [5, 5.41) is 0. The molecule has 52 heavy (non-hydrogen) atoms. The zero-order valence-electron chi connectivity index (χ0n) is 35.4. The molecular weight excluding hydrogens is 648 g/mol. The van der Waals surface area contributed by atoms with Crippen molar-refractivity contribution in [2.24, 2.45) is 11.8 Å². The maximum absolute atomic E-state index is 12.7. The quantitative estimate of drug-likeness (QED) is 0.0354. The highest BCUT2D eigenvalue weighted by Crippen LogP contribution is 2.17. The van der Waals surface area contributed by atoms with Crippen LogP contribution in [0.1, 0.15) is 247 Å². The van der Waals surface area contributed by atoms with E-state index in [1.165, 1.54) is 135 Å². The molecule has 6 heteroatoms. The van der Waals surface area contributed by atoms with Crippen molar-refractivity contribution in [1.29, 1.82) is 0 Å². The van der Waals surface area contributed by atoms with Crippen molar-refractivity contribution in [2.45, 2.75) is 253 Å². The van der Waals surface area contributed by atoms with E-state index in [0.29, 0.717) is 19.3 Å². The van der Waals surface area contributed by atoms with E-state index in [-0.39, 0.29) is 31.1 Å². The molecule has 0 saturated heterocycles. The van der Waals surface area contributed by atoms with Gasteiger partial charge in [0.15, 0.2) is 6.10 Å². The highest BCUT2D eigenvalue weighted by atomic mass is 16.6. The Kier molecular flexibility index (Phi) is 37.9. The average Bonchev–Trinajstić information content (AvgIpc) is 3.12. The minimum absolute atomic E-state index is 0.0654. The van der Waals surface area contributed by atoms with Crippen LogP contribution < -0.4 is 0 Å². The first kappa shape index (κ1) is 50.4. The summed E-state index contributed by atoms with van der Waals surface area (Å²) >= 11 is 0. The molecule has 0 N–H and O–H groups in total. The molecule has 0 saturated carbocycles. The summed E-state index contributed by atoms with van der Waals surface area (Å²) in [6.07, 6.45) is 36.5. The minimum atomic E-state index is -0.760. The van der Waals surface area contributed by atoms with Crippen molar-refractivity contribution in [3.05, 3.63) is 0 Å². The summed E-state index contributed by atoms with van der Waals surface area (Å²) < 4.78 is 16.7. The van der Waals surface area contributed by atoms with Gasteiger partial charge in [0.1, 0.15) is 13.2 Å². The number of rotatable bonds is 40. The Balaban J connectivity index is 4.35. The summed E-state index contributed by atoms with van der Waals surface area (Å²) in [6, 6.07) is 0. The van der Waals surface area contributed by atoms with Gasteiger partial charge in [-0.2, -0.15) is 0 Å². The molecule has 2 atom stereocenters. The fourth-order valence-corrected chi connectivity index (χ4v) is 6.72. The first-order valence-corrected chi connectivity index (χ1v) is 22.8. The van der Waals surface area contributed by atoms with Crippen LogP contribution in [-0.2, 0) is 28.6 Å². The fourth-order valence-electron chi connectivity index (χ4n) is 6.72. The van der Waals surface area contributed by atoms with E-state index < -0.39 is 6.10 Å². The van der Waals surface area contributed by atoms with E-state index in [2.05, 4.69) is 34.6 Å². The summed E-state index contributed by atoms with van der Waals surface area (Å²) in [5.41, 5.74) is 0. The maximum Gasteiger partial charge on any atom is 0.306 e. The third-order valence-corrected chi connectivity index (χ3v) is 10.6. The number of carbonyl (C=O) groups excluding carboxylic acids is 3.